The van der Waals surface area contributed by atoms with Gasteiger partial charge in [0, 0.05) is 38.7 Å². The van der Waals surface area contributed by atoms with Gasteiger partial charge in [0.2, 0.25) is 0 Å². The van der Waals surface area contributed by atoms with E-state index in [9.17, 15) is 9.59 Å². The number of likely N-dealkylation sites (tertiary alicyclic amines) is 1. The summed E-state index contributed by atoms with van der Waals surface area (Å²) in [6, 6.07) is 9.96. The largest absolute Gasteiger partial charge is 0.490 e. The molecule has 4 rings (SSSR count). The SMILES string of the molecule is Cc1cccc(OC2CCN(C(=O)c3c(C)ccn(CC4CCCNC4)c3=O)CC2)c1.Cl. The summed E-state index contributed by atoms with van der Waals surface area (Å²) < 4.78 is 7.84. The molecule has 1 amide bonds. The molecule has 7 heteroatoms. The molecule has 0 saturated carbocycles. The van der Waals surface area contributed by atoms with Crippen LogP contribution < -0.4 is 15.6 Å². The zero-order valence-corrected chi connectivity index (χ0v) is 19.8. The van der Waals surface area contributed by atoms with Gasteiger partial charge in [-0.2, -0.15) is 0 Å². The number of amides is 1. The van der Waals surface area contributed by atoms with Gasteiger partial charge in [-0.25, -0.2) is 0 Å². The number of piperidine rings is 2. The van der Waals surface area contributed by atoms with E-state index < -0.39 is 0 Å². The number of hydrogen-bond acceptors (Lipinski definition) is 4. The quantitative estimate of drug-likeness (QED) is 0.742. The van der Waals surface area contributed by atoms with Gasteiger partial charge >= 0.3 is 0 Å². The first kappa shape index (κ1) is 24.3. The lowest BCUT2D eigenvalue weighted by Gasteiger charge is -2.32. The third-order valence-electron chi connectivity index (χ3n) is 6.46. The predicted molar refractivity (Wildman–Crippen MR) is 129 cm³/mol. The fourth-order valence-electron chi connectivity index (χ4n) is 4.64. The molecular formula is C25H34ClN3O3. The van der Waals surface area contributed by atoms with E-state index in [1.165, 1.54) is 5.56 Å². The molecule has 0 spiro atoms. The first-order valence-electron chi connectivity index (χ1n) is 11.4. The number of carbonyl (C=O) groups is 1. The van der Waals surface area contributed by atoms with Crippen molar-refractivity contribution in [3.8, 4) is 5.75 Å². The predicted octanol–water partition coefficient (Wildman–Crippen LogP) is 3.57. The Bertz CT molecular complexity index is 977. The van der Waals surface area contributed by atoms with Crippen molar-refractivity contribution in [1.82, 2.24) is 14.8 Å². The van der Waals surface area contributed by atoms with E-state index in [0.29, 0.717) is 31.1 Å². The standard InChI is InChI=1S/C25H33N3O3.ClH/c1-18-5-3-7-22(15-18)31-21-9-13-27(14-10-21)24(29)23-19(2)8-12-28(25(23)30)17-20-6-4-11-26-16-20;/h3,5,7-8,12,15,20-21,26H,4,6,9-11,13-14,16-17H2,1-2H3;1H. The van der Waals surface area contributed by atoms with Crippen LogP contribution in [0.15, 0.2) is 41.3 Å². The van der Waals surface area contributed by atoms with Crippen molar-refractivity contribution >= 4 is 18.3 Å². The number of pyridine rings is 1. The van der Waals surface area contributed by atoms with E-state index in [0.717, 1.165) is 50.1 Å². The molecule has 6 nitrogen and oxygen atoms in total. The third-order valence-corrected chi connectivity index (χ3v) is 6.46. The van der Waals surface area contributed by atoms with Crippen LogP contribution in [0, 0.1) is 19.8 Å². The van der Waals surface area contributed by atoms with E-state index in [2.05, 4.69) is 5.32 Å². The number of carbonyl (C=O) groups excluding carboxylic acids is 1. The summed E-state index contributed by atoms with van der Waals surface area (Å²) >= 11 is 0. The number of nitrogens with zero attached hydrogens (tertiary/aromatic N) is 2. The lowest BCUT2D eigenvalue weighted by molar-refractivity contribution is 0.0592. The van der Waals surface area contributed by atoms with Crippen LogP contribution in [-0.2, 0) is 6.54 Å². The summed E-state index contributed by atoms with van der Waals surface area (Å²) in [7, 11) is 0. The van der Waals surface area contributed by atoms with E-state index in [1.807, 2.05) is 55.3 Å². The van der Waals surface area contributed by atoms with E-state index in [1.54, 1.807) is 4.57 Å². The van der Waals surface area contributed by atoms with E-state index >= 15 is 0 Å². The second kappa shape index (κ2) is 11.0. The van der Waals surface area contributed by atoms with Crippen LogP contribution >= 0.6 is 12.4 Å². The Morgan fingerprint density at radius 1 is 1.16 bits per heavy atom. The Morgan fingerprint density at radius 3 is 2.62 bits per heavy atom. The van der Waals surface area contributed by atoms with Crippen LogP contribution in [-0.4, -0.2) is 47.7 Å². The maximum atomic E-state index is 13.3. The molecule has 2 aliphatic heterocycles. The fourth-order valence-corrected chi connectivity index (χ4v) is 4.64. The molecule has 0 radical (unpaired) electrons. The zero-order valence-electron chi connectivity index (χ0n) is 19.0. The van der Waals surface area contributed by atoms with Crippen molar-refractivity contribution in [2.45, 2.75) is 52.2 Å². The number of halogens is 1. The van der Waals surface area contributed by atoms with Crippen LogP contribution in [0.1, 0.15) is 47.2 Å². The second-order valence-electron chi connectivity index (χ2n) is 8.97. The maximum absolute atomic E-state index is 13.3. The van der Waals surface area contributed by atoms with Gasteiger partial charge in [-0.1, -0.05) is 12.1 Å². The molecule has 1 aromatic carbocycles. The highest BCUT2D eigenvalue weighted by Crippen LogP contribution is 2.21. The summed E-state index contributed by atoms with van der Waals surface area (Å²) in [6.07, 6.45) is 5.73. The molecule has 0 bridgehead atoms. The van der Waals surface area contributed by atoms with Crippen LogP contribution in [0.2, 0.25) is 0 Å². The number of hydrogen-bond donors (Lipinski definition) is 1. The Kier molecular flexibility index (Phi) is 8.38. The van der Waals surface area contributed by atoms with E-state index in [-0.39, 0.29) is 30.0 Å². The smallest absolute Gasteiger partial charge is 0.263 e. The van der Waals surface area contributed by atoms with Crippen LogP contribution in [0.4, 0.5) is 0 Å². The molecule has 1 N–H and O–H groups in total. The Hall–Kier alpha value is -2.31. The fraction of sp³-hybridized carbons (Fsp3) is 0.520. The lowest BCUT2D eigenvalue weighted by Crippen LogP contribution is -2.44. The number of aromatic nitrogens is 1. The highest BCUT2D eigenvalue weighted by atomic mass is 35.5. The first-order chi connectivity index (χ1) is 15.0. The topological polar surface area (TPSA) is 63.6 Å². The molecule has 2 saturated heterocycles. The summed E-state index contributed by atoms with van der Waals surface area (Å²) in [5, 5.41) is 3.40. The van der Waals surface area contributed by atoms with Crippen LogP contribution in [0.3, 0.4) is 0 Å². The minimum absolute atomic E-state index is 0. The van der Waals surface area contributed by atoms with Gasteiger partial charge < -0.3 is 19.5 Å². The van der Waals surface area contributed by atoms with Crippen LogP contribution in [0.5, 0.6) is 5.75 Å². The van der Waals surface area contributed by atoms with Gasteiger partial charge in [0.25, 0.3) is 11.5 Å². The van der Waals surface area contributed by atoms with Gasteiger partial charge in [0.05, 0.1) is 0 Å². The van der Waals surface area contributed by atoms with Crippen molar-refractivity contribution in [1.29, 1.82) is 0 Å². The lowest BCUT2D eigenvalue weighted by atomic mass is 9.99. The van der Waals surface area contributed by atoms with Gasteiger partial charge in [-0.3, -0.25) is 9.59 Å². The normalized spacial score (nSPS) is 19.3. The summed E-state index contributed by atoms with van der Waals surface area (Å²) in [4.78, 5) is 28.2. The number of ether oxygens (including phenoxy) is 1. The number of aryl methyl sites for hydroxylation is 2. The van der Waals surface area contributed by atoms with E-state index in [4.69, 9.17) is 4.74 Å². The molecule has 2 fully saturated rings. The maximum Gasteiger partial charge on any atom is 0.263 e. The average Bonchev–Trinajstić information content (AvgIpc) is 2.77. The average molecular weight is 460 g/mol. The van der Waals surface area contributed by atoms with Gasteiger partial charge in [0.15, 0.2) is 0 Å². The summed E-state index contributed by atoms with van der Waals surface area (Å²) in [5.41, 5.74) is 2.09. The van der Waals surface area contributed by atoms with Crippen molar-refractivity contribution in [3.05, 3.63) is 63.6 Å². The number of benzene rings is 1. The Morgan fingerprint density at radius 2 is 1.94 bits per heavy atom. The minimum Gasteiger partial charge on any atom is -0.490 e. The molecule has 1 unspecified atom stereocenters. The Balaban J connectivity index is 0.00000289. The molecule has 0 aliphatic carbocycles. The molecule has 1 aromatic heterocycles. The first-order valence-corrected chi connectivity index (χ1v) is 11.4. The molecule has 32 heavy (non-hydrogen) atoms. The zero-order chi connectivity index (χ0) is 21.8. The molecule has 2 aliphatic rings. The number of nitrogens with one attached hydrogen (secondary N) is 1. The van der Waals surface area contributed by atoms with Crippen molar-refractivity contribution in [3.63, 3.8) is 0 Å². The molecular weight excluding hydrogens is 426 g/mol. The van der Waals surface area contributed by atoms with Crippen molar-refractivity contribution < 1.29 is 9.53 Å². The van der Waals surface area contributed by atoms with Crippen molar-refractivity contribution in [2.24, 2.45) is 5.92 Å². The highest BCUT2D eigenvalue weighted by Gasteiger charge is 2.28. The van der Waals surface area contributed by atoms with Gasteiger partial charge in [-0.05, 0) is 75.0 Å². The molecule has 174 valence electrons. The molecule has 1 atom stereocenters. The third kappa shape index (κ3) is 5.73. The molecule has 3 heterocycles. The second-order valence-corrected chi connectivity index (χ2v) is 8.97. The summed E-state index contributed by atoms with van der Waals surface area (Å²) in [6.45, 7) is 7.76. The van der Waals surface area contributed by atoms with Gasteiger partial charge in [0.1, 0.15) is 17.4 Å². The molecule has 2 aromatic rings. The monoisotopic (exact) mass is 459 g/mol. The van der Waals surface area contributed by atoms with Crippen molar-refractivity contribution in [2.75, 3.05) is 26.2 Å². The summed E-state index contributed by atoms with van der Waals surface area (Å²) in [5.74, 6) is 1.17. The Labute approximate surface area is 196 Å². The minimum atomic E-state index is -0.159. The highest BCUT2D eigenvalue weighted by molar-refractivity contribution is 5.95. The van der Waals surface area contributed by atoms with Gasteiger partial charge in [-0.15, -0.1) is 12.4 Å². The van der Waals surface area contributed by atoms with Crippen LogP contribution in [0.25, 0.3) is 0 Å². The number of rotatable bonds is 5.